The number of aromatic nitrogens is 4. The summed E-state index contributed by atoms with van der Waals surface area (Å²) in [6.45, 7) is 9.44. The predicted octanol–water partition coefficient (Wildman–Crippen LogP) is 0.341. The Balaban J connectivity index is 2.07. The van der Waals surface area contributed by atoms with Crippen molar-refractivity contribution in [3.8, 4) is 0 Å². The topological polar surface area (TPSA) is 91.1 Å². The first-order valence-electron chi connectivity index (χ1n) is 8.92. The Labute approximate surface area is 138 Å². The summed E-state index contributed by atoms with van der Waals surface area (Å²) in [6, 6.07) is 0.316. The van der Waals surface area contributed by atoms with E-state index in [-0.39, 0.29) is 11.8 Å². The first-order valence-corrected chi connectivity index (χ1v) is 8.92. The maximum absolute atomic E-state index is 11.4. The van der Waals surface area contributed by atoms with Gasteiger partial charge in [0.05, 0.1) is 13.1 Å². The van der Waals surface area contributed by atoms with E-state index in [1.165, 1.54) is 4.90 Å². The van der Waals surface area contributed by atoms with Crippen LogP contribution < -0.4 is 10.6 Å². The third-order valence-electron chi connectivity index (χ3n) is 4.89. The van der Waals surface area contributed by atoms with Crippen LogP contribution in [0, 0.1) is 11.8 Å². The van der Waals surface area contributed by atoms with Gasteiger partial charge in [-0.3, -0.25) is 4.79 Å². The van der Waals surface area contributed by atoms with Gasteiger partial charge in [0.25, 0.3) is 0 Å². The largest absolute Gasteiger partial charge is 0.369 e. The fourth-order valence-electron chi connectivity index (χ4n) is 3.43. The van der Waals surface area contributed by atoms with Gasteiger partial charge in [-0.1, -0.05) is 27.2 Å². The number of nitrogens with zero attached hydrogens (tertiary/aromatic N) is 4. The standard InChI is InChI=1S/C16H30N6O/c1-4-5-14(21-9-7-13(8-10-21)15(17)23)16-18-19-20-22(16)11-6-12(2)3/h12-14H,4-11H2,1-3H3,(H2,17,23)/p+1/t14-/m0/s1. The third-order valence-corrected chi connectivity index (χ3v) is 4.89. The van der Waals surface area contributed by atoms with Gasteiger partial charge in [-0.2, -0.15) is 0 Å². The Morgan fingerprint density at radius 2 is 2.04 bits per heavy atom. The summed E-state index contributed by atoms with van der Waals surface area (Å²) in [6.07, 6.45) is 5.00. The van der Waals surface area contributed by atoms with Crippen LogP contribution >= 0.6 is 0 Å². The number of quaternary nitrogens is 1. The van der Waals surface area contributed by atoms with Gasteiger partial charge in [-0.15, -0.1) is 5.10 Å². The summed E-state index contributed by atoms with van der Waals surface area (Å²) in [5, 5.41) is 12.4. The van der Waals surface area contributed by atoms with Crippen LogP contribution in [0.2, 0.25) is 0 Å². The number of likely N-dealkylation sites (tertiary alicyclic amines) is 1. The zero-order chi connectivity index (χ0) is 16.8. The van der Waals surface area contributed by atoms with Crippen molar-refractivity contribution in [2.24, 2.45) is 17.6 Å². The number of hydrogen-bond donors (Lipinski definition) is 2. The molecule has 1 aromatic heterocycles. The first-order chi connectivity index (χ1) is 11.0. The van der Waals surface area contributed by atoms with E-state index in [4.69, 9.17) is 5.73 Å². The number of carbonyl (C=O) groups excluding carboxylic acids is 1. The number of carbonyl (C=O) groups is 1. The lowest BCUT2D eigenvalue weighted by atomic mass is 9.94. The number of amides is 1. The van der Waals surface area contributed by atoms with Crippen LogP contribution in [0.1, 0.15) is 64.7 Å². The molecule has 23 heavy (non-hydrogen) atoms. The molecule has 0 saturated carbocycles. The van der Waals surface area contributed by atoms with E-state index in [0.29, 0.717) is 12.0 Å². The molecule has 2 rings (SSSR count). The summed E-state index contributed by atoms with van der Waals surface area (Å²) in [5.74, 6) is 1.52. The van der Waals surface area contributed by atoms with Crippen molar-refractivity contribution in [3.05, 3.63) is 5.82 Å². The Morgan fingerprint density at radius 3 is 2.61 bits per heavy atom. The molecule has 1 amide bonds. The van der Waals surface area contributed by atoms with Crippen molar-refractivity contribution < 1.29 is 9.69 Å². The van der Waals surface area contributed by atoms with Gasteiger partial charge >= 0.3 is 0 Å². The maximum Gasteiger partial charge on any atom is 0.220 e. The van der Waals surface area contributed by atoms with Gasteiger partial charge in [-0.05, 0) is 22.8 Å². The molecule has 1 atom stereocenters. The predicted molar refractivity (Wildman–Crippen MR) is 87.5 cm³/mol. The zero-order valence-corrected chi connectivity index (χ0v) is 14.7. The fourth-order valence-corrected chi connectivity index (χ4v) is 3.43. The lowest BCUT2D eigenvalue weighted by Gasteiger charge is -2.33. The summed E-state index contributed by atoms with van der Waals surface area (Å²) < 4.78 is 1.98. The molecule has 7 nitrogen and oxygen atoms in total. The quantitative estimate of drug-likeness (QED) is 0.722. The summed E-state index contributed by atoms with van der Waals surface area (Å²) in [7, 11) is 0. The van der Waals surface area contributed by atoms with Gasteiger partial charge in [0.2, 0.25) is 11.7 Å². The number of aryl methyl sites for hydroxylation is 1. The molecule has 2 heterocycles. The second-order valence-corrected chi connectivity index (χ2v) is 7.12. The highest BCUT2D eigenvalue weighted by atomic mass is 16.1. The van der Waals surface area contributed by atoms with Crippen molar-refractivity contribution in [2.75, 3.05) is 13.1 Å². The molecule has 7 heteroatoms. The normalized spacial score (nSPS) is 23.1. The molecule has 0 bridgehead atoms. The molecule has 0 spiro atoms. The van der Waals surface area contributed by atoms with E-state index in [1.807, 2.05) is 4.68 Å². The van der Waals surface area contributed by atoms with Gasteiger partial charge < -0.3 is 10.6 Å². The molecule has 3 N–H and O–H groups in total. The molecule has 1 aromatic rings. The first kappa shape index (κ1) is 17.8. The lowest BCUT2D eigenvalue weighted by Crippen LogP contribution is -3.13. The van der Waals surface area contributed by atoms with Crippen LogP contribution in [0.25, 0.3) is 0 Å². The number of piperidine rings is 1. The van der Waals surface area contributed by atoms with Crippen molar-refractivity contribution in [2.45, 2.75) is 65.5 Å². The molecule has 1 saturated heterocycles. The molecule has 1 fully saturated rings. The maximum atomic E-state index is 11.4. The van der Waals surface area contributed by atoms with Crippen molar-refractivity contribution in [1.82, 2.24) is 20.2 Å². The lowest BCUT2D eigenvalue weighted by molar-refractivity contribution is -0.938. The molecule has 0 aromatic carbocycles. The van der Waals surface area contributed by atoms with E-state index in [1.54, 1.807) is 0 Å². The number of rotatable bonds is 8. The van der Waals surface area contributed by atoms with Crippen molar-refractivity contribution in [3.63, 3.8) is 0 Å². The number of nitrogens with one attached hydrogen (secondary N) is 1. The molecule has 0 unspecified atom stereocenters. The van der Waals surface area contributed by atoms with Crippen LogP contribution in [0.4, 0.5) is 0 Å². The highest BCUT2D eigenvalue weighted by Gasteiger charge is 2.34. The molecular formula is C16H31N6O+. The fraction of sp³-hybridized carbons (Fsp3) is 0.875. The number of tetrazole rings is 1. The Kier molecular flexibility index (Phi) is 6.50. The second kappa shape index (κ2) is 8.38. The average Bonchev–Trinajstić information content (AvgIpc) is 2.99. The minimum Gasteiger partial charge on any atom is -0.369 e. The minimum atomic E-state index is -0.155. The van der Waals surface area contributed by atoms with E-state index in [0.717, 1.165) is 57.6 Å². The van der Waals surface area contributed by atoms with Gasteiger partial charge in [-0.25, -0.2) is 4.68 Å². The average molecular weight is 323 g/mol. The molecule has 0 radical (unpaired) electrons. The number of nitrogens with two attached hydrogens (primary N) is 1. The van der Waals surface area contributed by atoms with E-state index < -0.39 is 0 Å². The monoisotopic (exact) mass is 323 g/mol. The zero-order valence-electron chi connectivity index (χ0n) is 14.7. The number of primary amides is 1. The van der Waals surface area contributed by atoms with Gasteiger partial charge in [0.1, 0.15) is 6.04 Å². The minimum absolute atomic E-state index is 0.0398. The van der Waals surface area contributed by atoms with Crippen LogP contribution in [0.3, 0.4) is 0 Å². The molecule has 1 aliphatic heterocycles. The highest BCUT2D eigenvalue weighted by Crippen LogP contribution is 2.17. The SMILES string of the molecule is CCC[C@@H](c1nnnn1CCC(C)C)[NH+]1CCC(C(N)=O)CC1. The Hall–Kier alpha value is -1.50. The molecule has 130 valence electrons. The molecule has 0 aliphatic carbocycles. The van der Waals surface area contributed by atoms with E-state index in [9.17, 15) is 4.79 Å². The summed E-state index contributed by atoms with van der Waals surface area (Å²) >= 11 is 0. The number of hydrogen-bond acceptors (Lipinski definition) is 4. The van der Waals surface area contributed by atoms with E-state index in [2.05, 4.69) is 36.3 Å². The smallest absolute Gasteiger partial charge is 0.220 e. The van der Waals surface area contributed by atoms with Crippen LogP contribution in [0.15, 0.2) is 0 Å². The highest BCUT2D eigenvalue weighted by molar-refractivity contribution is 5.76. The Morgan fingerprint density at radius 1 is 1.35 bits per heavy atom. The van der Waals surface area contributed by atoms with Crippen LogP contribution in [-0.4, -0.2) is 39.2 Å². The van der Waals surface area contributed by atoms with E-state index >= 15 is 0 Å². The van der Waals surface area contributed by atoms with Gasteiger partial charge in [0, 0.05) is 31.7 Å². The summed E-state index contributed by atoms with van der Waals surface area (Å²) in [5.41, 5.74) is 5.45. The second-order valence-electron chi connectivity index (χ2n) is 7.12. The summed E-state index contributed by atoms with van der Waals surface area (Å²) in [4.78, 5) is 12.9. The van der Waals surface area contributed by atoms with Crippen molar-refractivity contribution >= 4 is 5.91 Å². The third kappa shape index (κ3) is 4.73. The Bertz CT molecular complexity index is 493. The van der Waals surface area contributed by atoms with Gasteiger partial charge in [0.15, 0.2) is 0 Å². The molecule has 1 aliphatic rings. The van der Waals surface area contributed by atoms with Crippen LogP contribution in [0.5, 0.6) is 0 Å². The molecular weight excluding hydrogens is 292 g/mol. The van der Waals surface area contributed by atoms with Crippen LogP contribution in [-0.2, 0) is 11.3 Å². The van der Waals surface area contributed by atoms with Crippen molar-refractivity contribution in [1.29, 1.82) is 0 Å².